The van der Waals surface area contributed by atoms with Gasteiger partial charge in [0.15, 0.2) is 0 Å². The summed E-state index contributed by atoms with van der Waals surface area (Å²) >= 11 is 1.70. The summed E-state index contributed by atoms with van der Waals surface area (Å²) < 4.78 is 5.39. The molecule has 0 atom stereocenters. The molecule has 0 spiro atoms. The summed E-state index contributed by atoms with van der Waals surface area (Å²) in [6, 6.07) is 16.3. The third-order valence-electron chi connectivity index (χ3n) is 4.42. The minimum absolute atomic E-state index is 0.0149. The summed E-state index contributed by atoms with van der Waals surface area (Å²) in [7, 11) is 0. The Labute approximate surface area is 159 Å². The van der Waals surface area contributed by atoms with Crippen LogP contribution in [0.25, 0.3) is 0 Å². The molecule has 1 aliphatic rings. The van der Waals surface area contributed by atoms with Crippen LogP contribution in [0.2, 0.25) is 0 Å². The number of nitrogens with one attached hydrogen (secondary N) is 1. The van der Waals surface area contributed by atoms with Crippen molar-refractivity contribution in [2.24, 2.45) is 0 Å². The fourth-order valence-electron chi connectivity index (χ4n) is 2.99. The molecule has 138 valence electrons. The Morgan fingerprint density at radius 1 is 1.08 bits per heavy atom. The van der Waals surface area contributed by atoms with Gasteiger partial charge in [0, 0.05) is 31.1 Å². The van der Waals surface area contributed by atoms with E-state index < -0.39 is 0 Å². The molecule has 1 saturated heterocycles. The molecule has 1 aliphatic heterocycles. The van der Waals surface area contributed by atoms with Crippen molar-refractivity contribution in [2.45, 2.75) is 24.9 Å². The van der Waals surface area contributed by atoms with Gasteiger partial charge in [0.05, 0.1) is 18.8 Å². The van der Waals surface area contributed by atoms with Gasteiger partial charge in [-0.25, -0.2) is 0 Å². The topological polar surface area (TPSA) is 41.6 Å². The number of benzene rings is 2. The lowest BCUT2D eigenvalue weighted by Crippen LogP contribution is -2.35. The predicted octanol–water partition coefficient (Wildman–Crippen LogP) is 3.56. The predicted molar refractivity (Wildman–Crippen MR) is 107 cm³/mol. The quantitative estimate of drug-likeness (QED) is 0.757. The van der Waals surface area contributed by atoms with E-state index in [1.807, 2.05) is 24.3 Å². The van der Waals surface area contributed by atoms with E-state index in [1.54, 1.807) is 11.8 Å². The van der Waals surface area contributed by atoms with Gasteiger partial charge in [0.2, 0.25) is 0 Å². The van der Waals surface area contributed by atoms with Crippen LogP contribution >= 0.6 is 11.8 Å². The number of thioether (sulfide) groups is 1. The largest absolute Gasteiger partial charge is 0.379 e. The van der Waals surface area contributed by atoms with E-state index in [9.17, 15) is 4.79 Å². The highest BCUT2D eigenvalue weighted by Gasteiger charge is 2.12. The van der Waals surface area contributed by atoms with Crippen molar-refractivity contribution in [3.63, 3.8) is 0 Å². The molecule has 0 aromatic heterocycles. The lowest BCUT2D eigenvalue weighted by molar-refractivity contribution is 0.0342. The number of hydrogen-bond donors (Lipinski definition) is 1. The Bertz CT molecular complexity index is 712. The normalized spacial score (nSPS) is 15.0. The number of morpholine rings is 1. The van der Waals surface area contributed by atoms with Crippen molar-refractivity contribution in [1.29, 1.82) is 0 Å². The molecule has 26 heavy (non-hydrogen) atoms. The summed E-state index contributed by atoms with van der Waals surface area (Å²) in [4.78, 5) is 15.9. The minimum atomic E-state index is -0.0149. The van der Waals surface area contributed by atoms with Crippen molar-refractivity contribution in [3.05, 3.63) is 65.2 Å². The number of amides is 1. The first-order chi connectivity index (χ1) is 12.8. The van der Waals surface area contributed by atoms with E-state index in [-0.39, 0.29) is 5.91 Å². The molecule has 1 amide bonds. The maximum atomic E-state index is 12.5. The first-order valence-corrected chi connectivity index (χ1v) is 10.1. The Kier molecular flexibility index (Phi) is 7.12. The number of ether oxygens (including phenoxy) is 1. The van der Waals surface area contributed by atoms with Crippen LogP contribution in [0.1, 0.15) is 28.4 Å². The number of rotatable bonds is 7. The van der Waals surface area contributed by atoms with Crippen molar-refractivity contribution >= 4 is 17.7 Å². The average molecular weight is 371 g/mol. The zero-order valence-corrected chi connectivity index (χ0v) is 16.1. The van der Waals surface area contributed by atoms with Gasteiger partial charge >= 0.3 is 0 Å². The molecular formula is C21H26N2O2S. The lowest BCUT2D eigenvalue weighted by atomic mass is 10.1. The van der Waals surface area contributed by atoms with Crippen LogP contribution in [0.4, 0.5) is 0 Å². The van der Waals surface area contributed by atoms with E-state index in [0.717, 1.165) is 54.6 Å². The molecule has 2 aromatic carbocycles. The zero-order valence-electron chi connectivity index (χ0n) is 15.2. The lowest BCUT2D eigenvalue weighted by Gasteiger charge is -2.26. The first-order valence-electron chi connectivity index (χ1n) is 9.14. The smallest absolute Gasteiger partial charge is 0.252 e. The van der Waals surface area contributed by atoms with Gasteiger partial charge in [-0.1, -0.05) is 43.3 Å². The second kappa shape index (κ2) is 9.76. The fraction of sp³-hybridized carbons (Fsp3) is 0.381. The van der Waals surface area contributed by atoms with Gasteiger partial charge in [-0.3, -0.25) is 9.69 Å². The highest BCUT2D eigenvalue weighted by molar-refractivity contribution is 7.99. The molecule has 2 aromatic rings. The second-order valence-electron chi connectivity index (χ2n) is 6.32. The molecule has 1 fully saturated rings. The average Bonchev–Trinajstić information content (AvgIpc) is 2.69. The second-order valence-corrected chi connectivity index (χ2v) is 7.62. The van der Waals surface area contributed by atoms with Crippen LogP contribution in [0.5, 0.6) is 0 Å². The molecular weight excluding hydrogens is 344 g/mol. The van der Waals surface area contributed by atoms with Crippen LogP contribution in [0.15, 0.2) is 53.4 Å². The molecule has 1 N–H and O–H groups in total. The van der Waals surface area contributed by atoms with E-state index >= 15 is 0 Å². The number of carbonyl (C=O) groups is 1. The summed E-state index contributed by atoms with van der Waals surface area (Å²) in [5.74, 6) is 0.938. The highest BCUT2D eigenvalue weighted by Crippen LogP contribution is 2.22. The Morgan fingerprint density at radius 2 is 1.77 bits per heavy atom. The summed E-state index contributed by atoms with van der Waals surface area (Å²) in [6.07, 6.45) is 0. The molecule has 0 aliphatic carbocycles. The molecule has 0 unspecified atom stereocenters. The van der Waals surface area contributed by atoms with E-state index in [2.05, 4.69) is 41.4 Å². The van der Waals surface area contributed by atoms with Gasteiger partial charge in [0.1, 0.15) is 0 Å². The Morgan fingerprint density at radius 3 is 2.50 bits per heavy atom. The van der Waals surface area contributed by atoms with Crippen LogP contribution in [0, 0.1) is 0 Å². The van der Waals surface area contributed by atoms with E-state index in [0.29, 0.717) is 6.54 Å². The van der Waals surface area contributed by atoms with Crippen LogP contribution in [-0.4, -0.2) is 42.9 Å². The summed E-state index contributed by atoms with van der Waals surface area (Å²) in [5, 5.41) is 3.04. The van der Waals surface area contributed by atoms with Crippen LogP contribution in [-0.2, 0) is 17.8 Å². The Balaban J connectivity index is 1.53. The maximum absolute atomic E-state index is 12.5. The van der Waals surface area contributed by atoms with Gasteiger partial charge in [-0.05, 0) is 29.0 Å². The van der Waals surface area contributed by atoms with Crippen molar-refractivity contribution in [2.75, 3.05) is 32.1 Å². The number of nitrogens with zero attached hydrogens (tertiary/aromatic N) is 1. The summed E-state index contributed by atoms with van der Waals surface area (Å²) in [5.41, 5.74) is 3.17. The van der Waals surface area contributed by atoms with Gasteiger partial charge in [-0.15, -0.1) is 11.8 Å². The standard InChI is InChI=1S/C21H26N2O2S/c1-2-26-20-6-4-3-5-19(20)21(24)22-15-17-7-9-18(10-8-17)16-23-11-13-25-14-12-23/h3-10H,2,11-16H2,1H3,(H,22,24). The van der Waals surface area contributed by atoms with Gasteiger partial charge < -0.3 is 10.1 Å². The van der Waals surface area contributed by atoms with E-state index in [1.165, 1.54) is 5.56 Å². The fourth-order valence-corrected chi connectivity index (χ4v) is 3.80. The third-order valence-corrected chi connectivity index (χ3v) is 5.37. The van der Waals surface area contributed by atoms with Crippen molar-refractivity contribution < 1.29 is 9.53 Å². The number of hydrogen-bond acceptors (Lipinski definition) is 4. The SMILES string of the molecule is CCSc1ccccc1C(=O)NCc1ccc(CN2CCOCC2)cc1. The highest BCUT2D eigenvalue weighted by atomic mass is 32.2. The minimum Gasteiger partial charge on any atom is -0.379 e. The molecule has 0 bridgehead atoms. The third kappa shape index (κ3) is 5.34. The molecule has 0 saturated carbocycles. The monoisotopic (exact) mass is 370 g/mol. The van der Waals surface area contributed by atoms with E-state index in [4.69, 9.17) is 4.74 Å². The molecule has 1 heterocycles. The molecule has 4 nitrogen and oxygen atoms in total. The molecule has 0 radical (unpaired) electrons. The van der Waals surface area contributed by atoms with Crippen LogP contribution < -0.4 is 5.32 Å². The van der Waals surface area contributed by atoms with Crippen molar-refractivity contribution in [3.8, 4) is 0 Å². The molecule has 3 rings (SSSR count). The van der Waals surface area contributed by atoms with Crippen LogP contribution in [0.3, 0.4) is 0 Å². The van der Waals surface area contributed by atoms with Crippen molar-refractivity contribution in [1.82, 2.24) is 10.2 Å². The zero-order chi connectivity index (χ0) is 18.2. The van der Waals surface area contributed by atoms with Gasteiger partial charge in [0.25, 0.3) is 5.91 Å². The first kappa shape index (κ1) is 19.0. The summed E-state index contributed by atoms with van der Waals surface area (Å²) in [6.45, 7) is 7.22. The Hall–Kier alpha value is -1.82. The molecule has 5 heteroatoms. The maximum Gasteiger partial charge on any atom is 0.252 e. The van der Waals surface area contributed by atoms with Gasteiger partial charge in [-0.2, -0.15) is 0 Å². The number of carbonyl (C=O) groups excluding carboxylic acids is 1.